The molecule has 0 saturated heterocycles. The van der Waals surface area contributed by atoms with Crippen molar-refractivity contribution in [1.29, 1.82) is 0 Å². The predicted octanol–water partition coefficient (Wildman–Crippen LogP) is 1.20. The molecule has 0 aliphatic heterocycles. The zero-order chi connectivity index (χ0) is 28.7. The molecule has 2 aromatic carbocycles. The maximum Gasteiger partial charge on any atom is 0.326 e. The molecule has 0 bridgehead atoms. The number of aromatic nitrogens is 1. The Balaban J connectivity index is 1.69. The Labute approximate surface area is 226 Å². The SMILES string of the molecule is CC(NC(=O)C(Cc1ccc(O)cc1)NC(=O)C(N)C(C)C)C(=O)NC(Cc1c[nH]c2ccccc12)C(=O)O. The first-order valence-corrected chi connectivity index (χ1v) is 12.7. The number of carbonyl (C=O) groups excluding carboxylic acids is 3. The molecule has 1 heterocycles. The highest BCUT2D eigenvalue weighted by molar-refractivity contribution is 5.94. The first-order valence-electron chi connectivity index (χ1n) is 12.7. The van der Waals surface area contributed by atoms with Gasteiger partial charge in [-0.15, -0.1) is 0 Å². The fraction of sp³-hybridized carbons (Fsp3) is 0.357. The van der Waals surface area contributed by atoms with Crippen molar-refractivity contribution in [3.05, 3.63) is 65.9 Å². The number of hydrogen-bond acceptors (Lipinski definition) is 6. The summed E-state index contributed by atoms with van der Waals surface area (Å²) in [5.74, 6) is -3.19. The lowest BCUT2D eigenvalue weighted by atomic mass is 10.0. The van der Waals surface area contributed by atoms with E-state index in [0.717, 1.165) is 16.5 Å². The number of phenols is 1. The fourth-order valence-electron chi connectivity index (χ4n) is 4.04. The van der Waals surface area contributed by atoms with Crippen LogP contribution in [0.3, 0.4) is 0 Å². The number of aromatic hydroxyl groups is 1. The molecule has 11 heteroatoms. The Morgan fingerprint density at radius 1 is 0.846 bits per heavy atom. The van der Waals surface area contributed by atoms with E-state index in [2.05, 4.69) is 20.9 Å². The second-order valence-electron chi connectivity index (χ2n) is 9.89. The van der Waals surface area contributed by atoms with Crippen molar-refractivity contribution in [2.24, 2.45) is 11.7 Å². The topological polar surface area (TPSA) is 187 Å². The van der Waals surface area contributed by atoms with Gasteiger partial charge in [0.2, 0.25) is 17.7 Å². The van der Waals surface area contributed by atoms with Crippen LogP contribution in [0.4, 0.5) is 0 Å². The molecule has 0 aliphatic rings. The molecule has 8 N–H and O–H groups in total. The summed E-state index contributed by atoms with van der Waals surface area (Å²) in [4.78, 5) is 53.7. The van der Waals surface area contributed by atoms with Crippen LogP contribution in [-0.2, 0) is 32.0 Å². The second kappa shape index (κ2) is 12.9. The van der Waals surface area contributed by atoms with Crippen LogP contribution in [0.5, 0.6) is 5.75 Å². The van der Waals surface area contributed by atoms with Crippen molar-refractivity contribution in [2.75, 3.05) is 0 Å². The number of nitrogens with two attached hydrogens (primary N) is 1. The summed E-state index contributed by atoms with van der Waals surface area (Å²) in [7, 11) is 0. The Bertz CT molecular complexity index is 1320. The van der Waals surface area contributed by atoms with Crippen LogP contribution < -0.4 is 21.7 Å². The molecular weight excluding hydrogens is 502 g/mol. The molecule has 4 unspecified atom stereocenters. The third-order valence-corrected chi connectivity index (χ3v) is 6.50. The van der Waals surface area contributed by atoms with Gasteiger partial charge in [-0.1, -0.05) is 44.2 Å². The van der Waals surface area contributed by atoms with Gasteiger partial charge in [0.15, 0.2) is 0 Å². The molecule has 0 fully saturated rings. The number of para-hydroxylation sites is 1. The van der Waals surface area contributed by atoms with Crippen LogP contribution in [0.15, 0.2) is 54.7 Å². The van der Waals surface area contributed by atoms with Gasteiger partial charge in [-0.25, -0.2) is 4.79 Å². The van der Waals surface area contributed by atoms with E-state index < -0.39 is 47.9 Å². The lowest BCUT2D eigenvalue weighted by Crippen LogP contribution is -2.57. The monoisotopic (exact) mass is 537 g/mol. The fourth-order valence-corrected chi connectivity index (χ4v) is 4.04. The minimum absolute atomic E-state index is 0.0401. The van der Waals surface area contributed by atoms with Gasteiger partial charge in [0.05, 0.1) is 6.04 Å². The molecule has 0 spiro atoms. The summed E-state index contributed by atoms with van der Waals surface area (Å²) in [5.41, 5.74) is 8.19. The molecular formula is C28H35N5O6. The predicted molar refractivity (Wildman–Crippen MR) is 146 cm³/mol. The van der Waals surface area contributed by atoms with Crippen LogP contribution in [0.25, 0.3) is 10.9 Å². The highest BCUT2D eigenvalue weighted by Crippen LogP contribution is 2.19. The molecule has 1 aromatic heterocycles. The highest BCUT2D eigenvalue weighted by atomic mass is 16.4. The molecule has 0 radical (unpaired) electrons. The number of benzene rings is 2. The van der Waals surface area contributed by atoms with Crippen LogP contribution in [-0.4, -0.2) is 63.1 Å². The Kier molecular flexibility index (Phi) is 9.67. The van der Waals surface area contributed by atoms with Crippen molar-refractivity contribution < 1.29 is 29.4 Å². The lowest BCUT2D eigenvalue weighted by molar-refractivity contribution is -0.142. The number of amides is 3. The molecule has 3 rings (SSSR count). The highest BCUT2D eigenvalue weighted by Gasteiger charge is 2.29. The van der Waals surface area contributed by atoms with Crippen LogP contribution >= 0.6 is 0 Å². The number of aromatic amines is 1. The van der Waals surface area contributed by atoms with Gasteiger partial charge >= 0.3 is 5.97 Å². The largest absolute Gasteiger partial charge is 0.508 e. The van der Waals surface area contributed by atoms with E-state index in [9.17, 15) is 29.4 Å². The Morgan fingerprint density at radius 2 is 1.49 bits per heavy atom. The number of hydrogen-bond donors (Lipinski definition) is 7. The van der Waals surface area contributed by atoms with Gasteiger partial charge in [-0.2, -0.15) is 0 Å². The number of phenolic OH excluding ortho intramolecular Hbond substituents is 1. The van der Waals surface area contributed by atoms with E-state index in [-0.39, 0.29) is 24.5 Å². The molecule has 3 amide bonds. The van der Waals surface area contributed by atoms with Gasteiger partial charge in [-0.3, -0.25) is 14.4 Å². The summed E-state index contributed by atoms with van der Waals surface area (Å²) in [5, 5.41) is 27.8. The number of carboxylic acids is 1. The third-order valence-electron chi connectivity index (χ3n) is 6.50. The zero-order valence-electron chi connectivity index (χ0n) is 22.1. The lowest BCUT2D eigenvalue weighted by Gasteiger charge is -2.24. The molecule has 0 saturated carbocycles. The van der Waals surface area contributed by atoms with Crippen molar-refractivity contribution in [2.45, 2.75) is 57.8 Å². The van der Waals surface area contributed by atoms with Crippen LogP contribution in [0, 0.1) is 5.92 Å². The molecule has 11 nitrogen and oxygen atoms in total. The zero-order valence-corrected chi connectivity index (χ0v) is 22.1. The normalized spacial score (nSPS) is 14.3. The van der Waals surface area contributed by atoms with E-state index in [0.29, 0.717) is 5.56 Å². The smallest absolute Gasteiger partial charge is 0.326 e. The number of carboxylic acid groups (broad SMARTS) is 1. The summed E-state index contributed by atoms with van der Waals surface area (Å²) >= 11 is 0. The summed E-state index contributed by atoms with van der Waals surface area (Å²) in [6, 6.07) is 9.34. The number of carbonyl (C=O) groups is 4. The molecule has 0 aliphatic carbocycles. The van der Waals surface area contributed by atoms with Gasteiger partial charge in [0, 0.05) is 29.9 Å². The van der Waals surface area contributed by atoms with E-state index in [1.807, 2.05) is 24.3 Å². The molecule has 208 valence electrons. The Hall–Kier alpha value is -4.38. The Morgan fingerprint density at radius 3 is 2.13 bits per heavy atom. The van der Waals surface area contributed by atoms with Crippen molar-refractivity contribution in [3.63, 3.8) is 0 Å². The maximum atomic E-state index is 13.2. The van der Waals surface area contributed by atoms with Gasteiger partial charge in [-0.05, 0) is 42.2 Å². The molecule has 3 aromatic rings. The number of fused-ring (bicyclic) bond motifs is 1. The average molecular weight is 538 g/mol. The van der Waals surface area contributed by atoms with Crippen molar-refractivity contribution >= 4 is 34.6 Å². The van der Waals surface area contributed by atoms with Gasteiger partial charge < -0.3 is 36.9 Å². The van der Waals surface area contributed by atoms with Crippen LogP contribution in [0.1, 0.15) is 31.9 Å². The quantitative estimate of drug-likeness (QED) is 0.181. The van der Waals surface area contributed by atoms with E-state index in [1.54, 1.807) is 32.2 Å². The second-order valence-corrected chi connectivity index (χ2v) is 9.89. The number of nitrogens with one attached hydrogen (secondary N) is 4. The molecule has 39 heavy (non-hydrogen) atoms. The standard InChI is InChI=1S/C28H35N5O6/c1-15(2)24(29)27(37)32-22(12-17-8-10-19(34)11-9-17)26(36)31-16(3)25(35)33-23(28(38)39)13-18-14-30-21-7-5-4-6-20(18)21/h4-11,14-16,22-24,30,34H,12-13,29H2,1-3H3,(H,31,36)(H,32,37)(H,33,35)(H,38,39). The molecule has 4 atom stereocenters. The number of aliphatic carboxylic acids is 1. The summed E-state index contributed by atoms with van der Waals surface area (Å²) in [6.45, 7) is 4.98. The maximum absolute atomic E-state index is 13.2. The van der Waals surface area contributed by atoms with Crippen LogP contribution in [0.2, 0.25) is 0 Å². The number of H-pyrrole nitrogens is 1. The van der Waals surface area contributed by atoms with Crippen molar-refractivity contribution in [3.8, 4) is 5.75 Å². The minimum Gasteiger partial charge on any atom is -0.508 e. The minimum atomic E-state index is -1.23. The number of rotatable bonds is 12. The van der Waals surface area contributed by atoms with E-state index in [4.69, 9.17) is 5.73 Å². The van der Waals surface area contributed by atoms with Gasteiger partial charge in [0.25, 0.3) is 0 Å². The first kappa shape index (κ1) is 29.2. The summed E-state index contributed by atoms with van der Waals surface area (Å²) < 4.78 is 0. The third kappa shape index (κ3) is 7.81. The van der Waals surface area contributed by atoms with Crippen molar-refractivity contribution in [1.82, 2.24) is 20.9 Å². The van der Waals surface area contributed by atoms with Gasteiger partial charge in [0.1, 0.15) is 23.9 Å². The first-order chi connectivity index (χ1) is 18.5. The average Bonchev–Trinajstić information content (AvgIpc) is 3.31. The summed E-state index contributed by atoms with van der Waals surface area (Å²) in [6.07, 6.45) is 1.82. The van der Waals surface area contributed by atoms with E-state index >= 15 is 0 Å². The van der Waals surface area contributed by atoms with E-state index in [1.165, 1.54) is 19.1 Å².